The van der Waals surface area contributed by atoms with Crippen molar-refractivity contribution in [2.75, 3.05) is 0 Å². The molecule has 0 aromatic rings. The molecule has 2 fully saturated rings. The van der Waals surface area contributed by atoms with Crippen LogP contribution in [0.2, 0.25) is 0 Å². The van der Waals surface area contributed by atoms with Crippen LogP contribution in [0.25, 0.3) is 0 Å². The molecule has 2 saturated carbocycles. The van der Waals surface area contributed by atoms with Gasteiger partial charge >= 0.3 is 0 Å². The SMILES string of the molecule is CC(C)=CCC[C@@H](C)[C@H]1CCC2C3=C(CC[C@@]21C)[C@@]1(C)CC[C@H](O)[C@@](C)(C(=O)[O-])[C@@H]1CC3. The number of hydrogen-bond donors (Lipinski definition) is 1. The highest BCUT2D eigenvalue weighted by Crippen LogP contribution is 2.68. The first-order valence-electron chi connectivity index (χ1n) is 13.2. The zero-order valence-electron chi connectivity index (χ0n) is 21.3. The summed E-state index contributed by atoms with van der Waals surface area (Å²) < 4.78 is 0. The van der Waals surface area contributed by atoms with E-state index >= 15 is 0 Å². The van der Waals surface area contributed by atoms with Crippen LogP contribution in [0.5, 0.6) is 0 Å². The third-order valence-corrected chi connectivity index (χ3v) is 10.9. The first kappa shape index (κ1) is 24.0. The molecule has 0 aromatic carbocycles. The average Bonchev–Trinajstić information content (AvgIpc) is 3.08. The van der Waals surface area contributed by atoms with Crippen molar-refractivity contribution < 1.29 is 15.0 Å². The highest BCUT2D eigenvalue weighted by atomic mass is 16.4. The Morgan fingerprint density at radius 2 is 1.84 bits per heavy atom. The van der Waals surface area contributed by atoms with Gasteiger partial charge in [0.2, 0.25) is 0 Å². The van der Waals surface area contributed by atoms with Gasteiger partial charge in [-0.25, -0.2) is 0 Å². The second-order valence-corrected chi connectivity index (χ2v) is 12.7. The maximum atomic E-state index is 12.2. The predicted molar refractivity (Wildman–Crippen MR) is 128 cm³/mol. The zero-order chi connectivity index (χ0) is 23.5. The van der Waals surface area contributed by atoms with Gasteiger partial charge in [0, 0.05) is 5.41 Å². The minimum absolute atomic E-state index is 0.0212. The average molecular weight is 442 g/mol. The molecule has 3 nitrogen and oxygen atoms in total. The van der Waals surface area contributed by atoms with Crippen LogP contribution in [-0.2, 0) is 4.79 Å². The van der Waals surface area contributed by atoms with Gasteiger partial charge in [0.1, 0.15) is 0 Å². The predicted octanol–water partition coefficient (Wildman–Crippen LogP) is 5.82. The van der Waals surface area contributed by atoms with Crippen molar-refractivity contribution >= 4 is 5.97 Å². The zero-order valence-corrected chi connectivity index (χ0v) is 21.3. The van der Waals surface area contributed by atoms with E-state index < -0.39 is 17.5 Å². The van der Waals surface area contributed by atoms with Gasteiger partial charge < -0.3 is 15.0 Å². The molecule has 3 heteroatoms. The molecule has 1 unspecified atom stereocenters. The number of aliphatic hydroxyl groups is 1. The molecule has 32 heavy (non-hydrogen) atoms. The topological polar surface area (TPSA) is 60.4 Å². The number of carboxylic acid groups (broad SMARTS) is 1. The Balaban J connectivity index is 1.62. The molecule has 0 aromatic heterocycles. The second-order valence-electron chi connectivity index (χ2n) is 12.7. The van der Waals surface area contributed by atoms with Crippen molar-refractivity contribution in [2.45, 2.75) is 112 Å². The molecule has 0 bridgehead atoms. The molecule has 0 spiro atoms. The summed E-state index contributed by atoms with van der Waals surface area (Å²) in [6.45, 7) is 13.5. The minimum atomic E-state index is -1.13. The molecule has 0 amide bonds. The van der Waals surface area contributed by atoms with Gasteiger partial charge in [-0.2, -0.15) is 0 Å². The van der Waals surface area contributed by atoms with Crippen molar-refractivity contribution in [3.05, 3.63) is 22.8 Å². The summed E-state index contributed by atoms with van der Waals surface area (Å²) in [5, 5.41) is 22.9. The number of carbonyl (C=O) groups excluding carboxylic acids is 1. The summed E-state index contributed by atoms with van der Waals surface area (Å²) >= 11 is 0. The Hall–Kier alpha value is -1.09. The molecule has 0 aliphatic heterocycles. The Bertz CT molecular complexity index is 820. The smallest absolute Gasteiger partial charge is 0.0649 e. The third kappa shape index (κ3) is 3.44. The molecule has 4 aliphatic rings. The van der Waals surface area contributed by atoms with Gasteiger partial charge in [0.25, 0.3) is 0 Å². The van der Waals surface area contributed by atoms with Gasteiger partial charge in [-0.1, -0.05) is 50.5 Å². The second kappa shape index (κ2) is 8.29. The number of carboxylic acids is 1. The maximum Gasteiger partial charge on any atom is 0.0649 e. The number of fused-ring (bicyclic) bond motifs is 4. The van der Waals surface area contributed by atoms with Crippen molar-refractivity contribution in [1.82, 2.24) is 0 Å². The summed E-state index contributed by atoms with van der Waals surface area (Å²) in [6, 6.07) is 0. The first-order chi connectivity index (χ1) is 15.0. The van der Waals surface area contributed by atoms with E-state index in [0.717, 1.165) is 37.5 Å². The van der Waals surface area contributed by atoms with Crippen molar-refractivity contribution in [3.63, 3.8) is 0 Å². The first-order valence-corrected chi connectivity index (χ1v) is 13.2. The van der Waals surface area contributed by atoms with Gasteiger partial charge in [0.15, 0.2) is 0 Å². The Kier molecular flexibility index (Phi) is 6.23. The maximum absolute atomic E-state index is 12.2. The molecule has 1 N–H and O–H groups in total. The number of hydrogen-bond acceptors (Lipinski definition) is 3. The summed E-state index contributed by atoms with van der Waals surface area (Å²) in [5.74, 6) is 1.13. The van der Waals surface area contributed by atoms with E-state index in [1.165, 1.54) is 37.7 Å². The van der Waals surface area contributed by atoms with E-state index in [2.05, 4.69) is 40.7 Å². The van der Waals surface area contributed by atoms with E-state index in [0.29, 0.717) is 17.8 Å². The van der Waals surface area contributed by atoms with Gasteiger partial charge in [-0.05, 0) is 113 Å². The van der Waals surface area contributed by atoms with Gasteiger partial charge in [-0.3, -0.25) is 0 Å². The van der Waals surface area contributed by atoms with Crippen molar-refractivity contribution in [1.29, 1.82) is 0 Å². The Morgan fingerprint density at radius 3 is 2.50 bits per heavy atom. The van der Waals surface area contributed by atoms with Crippen LogP contribution in [0, 0.1) is 39.9 Å². The minimum Gasteiger partial charge on any atom is -0.549 e. The Labute approximate surface area is 195 Å². The van der Waals surface area contributed by atoms with Crippen LogP contribution >= 0.6 is 0 Å². The summed E-state index contributed by atoms with van der Waals surface area (Å²) in [7, 11) is 0. The van der Waals surface area contributed by atoms with Crippen LogP contribution in [-0.4, -0.2) is 17.2 Å². The number of aliphatic carboxylic acids is 1. The van der Waals surface area contributed by atoms with E-state index in [-0.39, 0.29) is 11.3 Å². The van der Waals surface area contributed by atoms with E-state index in [9.17, 15) is 15.0 Å². The van der Waals surface area contributed by atoms with Crippen LogP contribution in [0.4, 0.5) is 0 Å². The molecule has 0 saturated heterocycles. The summed E-state index contributed by atoms with van der Waals surface area (Å²) in [6.07, 6.45) is 12.4. The highest BCUT2D eigenvalue weighted by Gasteiger charge is 2.60. The molecule has 8 atom stereocenters. The lowest BCUT2D eigenvalue weighted by Gasteiger charge is -2.60. The fourth-order valence-electron chi connectivity index (χ4n) is 9.07. The molecule has 4 aliphatic carbocycles. The van der Waals surface area contributed by atoms with E-state index in [4.69, 9.17) is 0 Å². The monoisotopic (exact) mass is 441 g/mol. The lowest BCUT2D eigenvalue weighted by molar-refractivity contribution is -0.331. The number of carbonyl (C=O) groups is 1. The number of allylic oxidation sites excluding steroid dienone is 4. The number of aliphatic hydroxyl groups excluding tert-OH is 1. The fourth-order valence-corrected chi connectivity index (χ4v) is 9.07. The van der Waals surface area contributed by atoms with Crippen LogP contribution in [0.15, 0.2) is 22.8 Å². The van der Waals surface area contributed by atoms with Crippen molar-refractivity contribution in [2.24, 2.45) is 39.9 Å². The lowest BCUT2D eigenvalue weighted by atomic mass is 9.45. The largest absolute Gasteiger partial charge is 0.549 e. The van der Waals surface area contributed by atoms with Crippen LogP contribution in [0.3, 0.4) is 0 Å². The highest BCUT2D eigenvalue weighted by molar-refractivity contribution is 5.74. The van der Waals surface area contributed by atoms with Gasteiger partial charge in [0.05, 0.1) is 12.1 Å². The lowest BCUT2D eigenvalue weighted by Crippen LogP contribution is -2.61. The summed E-state index contributed by atoms with van der Waals surface area (Å²) in [4.78, 5) is 12.2. The van der Waals surface area contributed by atoms with Gasteiger partial charge in [-0.15, -0.1) is 0 Å². The molecule has 0 heterocycles. The summed E-state index contributed by atoms with van der Waals surface area (Å²) in [5.41, 5.74) is 3.84. The molecule has 0 radical (unpaired) electrons. The number of rotatable bonds is 5. The molecular weight excluding hydrogens is 396 g/mol. The molecular formula is C29H45O3-. The van der Waals surface area contributed by atoms with Crippen LogP contribution < -0.4 is 5.11 Å². The van der Waals surface area contributed by atoms with E-state index in [1.54, 1.807) is 18.1 Å². The normalized spacial score (nSPS) is 44.3. The third-order valence-electron chi connectivity index (χ3n) is 10.9. The standard InChI is InChI=1S/C29H46O3/c1-18(2)8-7-9-19(3)21-11-12-22-20-10-13-24-28(5,23(20)14-16-27(21,22)4)17-15-25(30)29(24,6)26(31)32/h8,19,21-22,24-25,30H,7,9-17H2,1-6H3,(H,31,32)/p-1/t19-,21-,22?,24-,25+,27-,28-,29+/m1/s1. The van der Waals surface area contributed by atoms with Crippen LogP contribution in [0.1, 0.15) is 106 Å². The quantitative estimate of drug-likeness (QED) is 0.547. The van der Waals surface area contributed by atoms with Crippen molar-refractivity contribution in [3.8, 4) is 0 Å². The molecule has 4 rings (SSSR count). The Morgan fingerprint density at radius 1 is 1.12 bits per heavy atom. The fraction of sp³-hybridized carbons (Fsp3) is 0.828. The van der Waals surface area contributed by atoms with E-state index in [1.807, 2.05) is 0 Å². The molecule has 180 valence electrons.